The van der Waals surface area contributed by atoms with E-state index in [1.807, 2.05) is 10.9 Å². The summed E-state index contributed by atoms with van der Waals surface area (Å²) in [5.41, 5.74) is 3.81. The van der Waals surface area contributed by atoms with Gasteiger partial charge in [-0.2, -0.15) is 5.10 Å². The SMILES string of the molecule is COC1(C(NN)c2c(Br)cnn2C(C)C)CCCCC1. The van der Waals surface area contributed by atoms with Gasteiger partial charge in [0.05, 0.1) is 28.0 Å². The third-order valence-corrected chi connectivity index (χ3v) is 4.96. The number of nitrogens with zero attached hydrogens (tertiary/aromatic N) is 2. The van der Waals surface area contributed by atoms with Crippen molar-refractivity contribution in [2.45, 2.75) is 63.6 Å². The highest BCUT2D eigenvalue weighted by Crippen LogP contribution is 2.43. The second-order valence-electron chi connectivity index (χ2n) is 5.85. The molecule has 0 bridgehead atoms. The average molecular weight is 345 g/mol. The summed E-state index contributed by atoms with van der Waals surface area (Å²) in [6.07, 6.45) is 7.51. The van der Waals surface area contributed by atoms with Crippen LogP contribution in [0.1, 0.15) is 63.7 Å². The molecular weight excluding hydrogens is 320 g/mol. The minimum absolute atomic E-state index is 0.0629. The molecule has 0 aliphatic heterocycles. The summed E-state index contributed by atoms with van der Waals surface area (Å²) in [7, 11) is 1.79. The topological polar surface area (TPSA) is 65.1 Å². The Morgan fingerprint density at radius 2 is 2.05 bits per heavy atom. The van der Waals surface area contributed by atoms with Gasteiger partial charge in [-0.25, -0.2) is 5.43 Å². The van der Waals surface area contributed by atoms with Crippen LogP contribution < -0.4 is 11.3 Å². The van der Waals surface area contributed by atoms with Crippen LogP contribution >= 0.6 is 15.9 Å². The Morgan fingerprint density at radius 3 is 2.55 bits per heavy atom. The van der Waals surface area contributed by atoms with Crippen molar-refractivity contribution in [1.29, 1.82) is 0 Å². The second-order valence-corrected chi connectivity index (χ2v) is 6.70. The number of nitrogens with two attached hydrogens (primary N) is 1. The van der Waals surface area contributed by atoms with Gasteiger partial charge in [0, 0.05) is 13.2 Å². The molecule has 114 valence electrons. The highest BCUT2D eigenvalue weighted by atomic mass is 79.9. The van der Waals surface area contributed by atoms with Gasteiger partial charge in [-0.3, -0.25) is 10.5 Å². The summed E-state index contributed by atoms with van der Waals surface area (Å²) in [5.74, 6) is 5.90. The van der Waals surface area contributed by atoms with Crippen LogP contribution in [0.3, 0.4) is 0 Å². The Hall–Kier alpha value is -0.430. The predicted molar refractivity (Wildman–Crippen MR) is 83.2 cm³/mol. The normalized spacial score (nSPS) is 20.3. The van der Waals surface area contributed by atoms with Crippen molar-refractivity contribution in [1.82, 2.24) is 15.2 Å². The van der Waals surface area contributed by atoms with E-state index in [-0.39, 0.29) is 17.7 Å². The minimum atomic E-state index is -0.248. The number of hydrogen-bond acceptors (Lipinski definition) is 4. The lowest BCUT2D eigenvalue weighted by molar-refractivity contribution is -0.0711. The first-order chi connectivity index (χ1) is 9.55. The van der Waals surface area contributed by atoms with Crippen molar-refractivity contribution < 1.29 is 4.74 Å². The Labute approximate surface area is 129 Å². The molecule has 2 rings (SSSR count). The lowest BCUT2D eigenvalue weighted by Crippen LogP contribution is -2.50. The molecular formula is C14H25BrN4O. The summed E-state index contributed by atoms with van der Waals surface area (Å²) in [6.45, 7) is 4.24. The van der Waals surface area contributed by atoms with Gasteiger partial charge in [-0.05, 0) is 42.6 Å². The molecule has 1 aliphatic carbocycles. The number of aromatic nitrogens is 2. The molecule has 0 aromatic carbocycles. The zero-order valence-electron chi connectivity index (χ0n) is 12.5. The molecule has 1 aliphatic rings. The quantitative estimate of drug-likeness (QED) is 0.636. The molecule has 0 saturated heterocycles. The summed E-state index contributed by atoms with van der Waals surface area (Å²) >= 11 is 3.61. The molecule has 5 nitrogen and oxygen atoms in total. The van der Waals surface area contributed by atoms with Crippen molar-refractivity contribution in [3.8, 4) is 0 Å². The number of rotatable bonds is 5. The van der Waals surface area contributed by atoms with Crippen LogP contribution in [-0.4, -0.2) is 22.5 Å². The largest absolute Gasteiger partial charge is 0.376 e. The van der Waals surface area contributed by atoms with Crippen molar-refractivity contribution in [2.24, 2.45) is 5.84 Å². The van der Waals surface area contributed by atoms with Crippen LogP contribution in [0.15, 0.2) is 10.7 Å². The molecule has 6 heteroatoms. The Kier molecular flexibility index (Phi) is 5.23. The van der Waals surface area contributed by atoms with Crippen LogP contribution in [0.4, 0.5) is 0 Å². The third kappa shape index (κ3) is 2.79. The molecule has 1 heterocycles. The zero-order valence-corrected chi connectivity index (χ0v) is 14.1. The van der Waals surface area contributed by atoms with Crippen LogP contribution in [0.5, 0.6) is 0 Å². The Balaban J connectivity index is 2.43. The maximum atomic E-state index is 5.94. The number of hydrogen-bond donors (Lipinski definition) is 2. The van der Waals surface area contributed by atoms with E-state index in [9.17, 15) is 0 Å². The molecule has 1 aromatic heterocycles. The molecule has 1 saturated carbocycles. The van der Waals surface area contributed by atoms with Gasteiger partial charge in [0.2, 0.25) is 0 Å². The van der Waals surface area contributed by atoms with E-state index >= 15 is 0 Å². The molecule has 0 amide bonds. The molecule has 0 radical (unpaired) electrons. The number of hydrazine groups is 1. The molecule has 20 heavy (non-hydrogen) atoms. The van der Waals surface area contributed by atoms with E-state index in [2.05, 4.69) is 40.3 Å². The monoisotopic (exact) mass is 344 g/mol. The van der Waals surface area contributed by atoms with Crippen molar-refractivity contribution >= 4 is 15.9 Å². The Morgan fingerprint density at radius 1 is 1.40 bits per heavy atom. The molecule has 0 spiro atoms. The summed E-state index contributed by atoms with van der Waals surface area (Å²) in [5, 5.41) is 4.46. The maximum absolute atomic E-state index is 5.94. The fourth-order valence-electron chi connectivity index (χ4n) is 3.27. The van der Waals surface area contributed by atoms with Gasteiger partial charge >= 0.3 is 0 Å². The highest BCUT2D eigenvalue weighted by molar-refractivity contribution is 9.10. The molecule has 1 atom stereocenters. The first kappa shape index (κ1) is 15.9. The van der Waals surface area contributed by atoms with E-state index in [1.165, 1.54) is 19.3 Å². The smallest absolute Gasteiger partial charge is 0.0929 e. The van der Waals surface area contributed by atoms with Gasteiger partial charge in [-0.1, -0.05) is 19.3 Å². The fraction of sp³-hybridized carbons (Fsp3) is 0.786. The number of methoxy groups -OCH3 is 1. The lowest BCUT2D eigenvalue weighted by atomic mass is 9.78. The molecule has 1 fully saturated rings. The number of nitrogens with one attached hydrogen (secondary N) is 1. The fourth-order valence-corrected chi connectivity index (χ4v) is 3.78. The maximum Gasteiger partial charge on any atom is 0.0929 e. The molecule has 1 unspecified atom stereocenters. The van der Waals surface area contributed by atoms with E-state index in [1.54, 1.807) is 7.11 Å². The van der Waals surface area contributed by atoms with Crippen molar-refractivity contribution in [3.05, 3.63) is 16.4 Å². The molecule has 3 N–H and O–H groups in total. The number of halogens is 1. The van der Waals surface area contributed by atoms with E-state index in [4.69, 9.17) is 10.6 Å². The van der Waals surface area contributed by atoms with Gasteiger partial charge in [-0.15, -0.1) is 0 Å². The van der Waals surface area contributed by atoms with Crippen LogP contribution in [0.2, 0.25) is 0 Å². The highest BCUT2D eigenvalue weighted by Gasteiger charge is 2.43. The van der Waals surface area contributed by atoms with Gasteiger partial charge in [0.25, 0.3) is 0 Å². The summed E-state index contributed by atoms with van der Waals surface area (Å²) in [6, 6.07) is 0.219. The van der Waals surface area contributed by atoms with Crippen LogP contribution in [-0.2, 0) is 4.74 Å². The zero-order chi connectivity index (χ0) is 14.8. The van der Waals surface area contributed by atoms with Gasteiger partial charge in [0.15, 0.2) is 0 Å². The van der Waals surface area contributed by atoms with Gasteiger partial charge < -0.3 is 4.74 Å². The Bertz CT molecular complexity index is 440. The average Bonchev–Trinajstić information content (AvgIpc) is 2.83. The minimum Gasteiger partial charge on any atom is -0.376 e. The van der Waals surface area contributed by atoms with Gasteiger partial charge in [0.1, 0.15) is 0 Å². The van der Waals surface area contributed by atoms with E-state index in [0.29, 0.717) is 0 Å². The van der Waals surface area contributed by atoms with Crippen molar-refractivity contribution in [3.63, 3.8) is 0 Å². The lowest BCUT2D eigenvalue weighted by Gasteiger charge is -2.42. The number of ether oxygens (including phenoxy) is 1. The van der Waals surface area contributed by atoms with E-state index in [0.717, 1.165) is 23.0 Å². The first-order valence-electron chi connectivity index (χ1n) is 7.30. The second kappa shape index (κ2) is 6.56. The summed E-state index contributed by atoms with van der Waals surface area (Å²) < 4.78 is 8.94. The predicted octanol–water partition coefficient (Wildman–Crippen LogP) is 3.08. The van der Waals surface area contributed by atoms with E-state index < -0.39 is 0 Å². The molecule has 1 aromatic rings. The summed E-state index contributed by atoms with van der Waals surface area (Å²) in [4.78, 5) is 0. The standard InChI is InChI=1S/C14H25BrN4O/c1-10(2)19-12(11(15)9-17-19)13(18-16)14(20-3)7-5-4-6-8-14/h9-10,13,18H,4-8,16H2,1-3H3. The first-order valence-corrected chi connectivity index (χ1v) is 8.09. The third-order valence-electron chi connectivity index (χ3n) is 4.35. The van der Waals surface area contributed by atoms with Crippen molar-refractivity contribution in [2.75, 3.05) is 7.11 Å². The van der Waals surface area contributed by atoms with Crippen LogP contribution in [0.25, 0.3) is 0 Å². The van der Waals surface area contributed by atoms with Crippen LogP contribution in [0, 0.1) is 0 Å².